The Balaban J connectivity index is 4.30. The van der Waals surface area contributed by atoms with Crippen molar-refractivity contribution in [3.05, 3.63) is 0 Å². The quantitative estimate of drug-likeness (QED) is 0.669. The molecule has 0 aliphatic carbocycles. The van der Waals surface area contributed by atoms with Gasteiger partial charge in [-0.15, -0.1) is 0 Å². The third-order valence-corrected chi connectivity index (χ3v) is 2.50. The molecule has 0 rings (SSSR count). The number of carbonyl (C=O) groups is 1. The molecule has 0 aliphatic rings. The minimum Gasteiger partial charge on any atom is -0.331 e. The van der Waals surface area contributed by atoms with E-state index in [0.29, 0.717) is 6.04 Å². The summed E-state index contributed by atoms with van der Waals surface area (Å²) in [6, 6.07) is 0.476. The van der Waals surface area contributed by atoms with Gasteiger partial charge in [0.1, 0.15) is 0 Å². The van der Waals surface area contributed by atoms with Crippen molar-refractivity contribution >= 4 is 6.03 Å². The van der Waals surface area contributed by atoms with Crippen LogP contribution in [0.2, 0.25) is 0 Å². The molecule has 0 aromatic rings. The standard InChI is InChI=1S/C11H24N2O/c1-6-8-9-13(10(3)7-2)11(14)12(4)5/h10H,6-9H2,1-5H3. The Kier molecular flexibility index (Phi) is 6.34. The van der Waals surface area contributed by atoms with Crippen LogP contribution in [0.1, 0.15) is 40.0 Å². The van der Waals surface area contributed by atoms with E-state index in [1.807, 2.05) is 19.0 Å². The van der Waals surface area contributed by atoms with Crippen LogP contribution in [0.4, 0.5) is 4.79 Å². The molecular formula is C11H24N2O. The largest absolute Gasteiger partial charge is 0.331 e. The van der Waals surface area contributed by atoms with E-state index < -0.39 is 0 Å². The van der Waals surface area contributed by atoms with Crippen molar-refractivity contribution in [3.63, 3.8) is 0 Å². The Morgan fingerprint density at radius 3 is 2.21 bits per heavy atom. The zero-order valence-electron chi connectivity index (χ0n) is 10.2. The highest BCUT2D eigenvalue weighted by atomic mass is 16.2. The number of hydrogen-bond donors (Lipinski definition) is 0. The smallest absolute Gasteiger partial charge is 0.319 e. The van der Waals surface area contributed by atoms with Gasteiger partial charge < -0.3 is 9.80 Å². The normalized spacial score (nSPS) is 12.4. The van der Waals surface area contributed by atoms with E-state index in [1.54, 1.807) is 4.90 Å². The molecule has 2 amide bonds. The number of urea groups is 1. The van der Waals surface area contributed by atoms with Crippen molar-refractivity contribution in [3.8, 4) is 0 Å². The van der Waals surface area contributed by atoms with Gasteiger partial charge in [0, 0.05) is 26.7 Å². The van der Waals surface area contributed by atoms with Crippen molar-refractivity contribution in [2.24, 2.45) is 0 Å². The monoisotopic (exact) mass is 200 g/mol. The molecule has 1 unspecified atom stereocenters. The number of amides is 2. The van der Waals surface area contributed by atoms with Gasteiger partial charge in [0.05, 0.1) is 0 Å². The van der Waals surface area contributed by atoms with E-state index in [1.165, 1.54) is 0 Å². The fourth-order valence-corrected chi connectivity index (χ4v) is 1.31. The molecular weight excluding hydrogens is 176 g/mol. The minimum absolute atomic E-state index is 0.132. The fraction of sp³-hybridized carbons (Fsp3) is 0.909. The van der Waals surface area contributed by atoms with Crippen LogP contribution in [0.5, 0.6) is 0 Å². The molecule has 84 valence electrons. The molecule has 0 heterocycles. The predicted octanol–water partition coefficient (Wildman–Crippen LogP) is 2.57. The average Bonchev–Trinajstić information content (AvgIpc) is 2.17. The molecule has 3 nitrogen and oxygen atoms in total. The molecule has 0 radical (unpaired) electrons. The lowest BCUT2D eigenvalue weighted by Crippen LogP contribution is -2.44. The second-order valence-electron chi connectivity index (χ2n) is 3.98. The summed E-state index contributed by atoms with van der Waals surface area (Å²) in [7, 11) is 3.62. The van der Waals surface area contributed by atoms with E-state index in [4.69, 9.17) is 0 Å². The number of rotatable bonds is 5. The first-order valence-corrected chi connectivity index (χ1v) is 5.52. The van der Waals surface area contributed by atoms with Gasteiger partial charge in [-0.25, -0.2) is 4.79 Å². The molecule has 1 atom stereocenters. The van der Waals surface area contributed by atoms with Gasteiger partial charge in [-0.2, -0.15) is 0 Å². The first kappa shape index (κ1) is 13.3. The summed E-state index contributed by atoms with van der Waals surface area (Å²) in [4.78, 5) is 15.4. The van der Waals surface area contributed by atoms with Gasteiger partial charge in [0.25, 0.3) is 0 Å². The van der Waals surface area contributed by atoms with Gasteiger partial charge in [-0.05, 0) is 19.8 Å². The van der Waals surface area contributed by atoms with E-state index in [0.717, 1.165) is 25.8 Å². The highest BCUT2D eigenvalue weighted by Gasteiger charge is 2.19. The molecule has 0 fully saturated rings. The van der Waals surface area contributed by atoms with Gasteiger partial charge in [-0.3, -0.25) is 0 Å². The summed E-state index contributed by atoms with van der Waals surface area (Å²) in [5.74, 6) is 0. The van der Waals surface area contributed by atoms with Crippen LogP contribution in [0.15, 0.2) is 0 Å². The lowest BCUT2D eigenvalue weighted by Gasteiger charge is -2.31. The summed E-state index contributed by atoms with van der Waals surface area (Å²) < 4.78 is 0. The number of unbranched alkanes of at least 4 members (excludes halogenated alkanes) is 1. The van der Waals surface area contributed by atoms with Crippen LogP contribution in [-0.4, -0.2) is 42.5 Å². The van der Waals surface area contributed by atoms with E-state index in [2.05, 4.69) is 20.8 Å². The van der Waals surface area contributed by atoms with Crippen molar-refractivity contribution in [2.75, 3.05) is 20.6 Å². The van der Waals surface area contributed by atoms with Crippen LogP contribution >= 0.6 is 0 Å². The van der Waals surface area contributed by atoms with Gasteiger partial charge in [-0.1, -0.05) is 20.3 Å². The van der Waals surface area contributed by atoms with Crippen LogP contribution < -0.4 is 0 Å². The zero-order valence-corrected chi connectivity index (χ0v) is 10.2. The highest BCUT2D eigenvalue weighted by molar-refractivity contribution is 5.74. The Hall–Kier alpha value is -0.730. The van der Waals surface area contributed by atoms with Crippen molar-refractivity contribution in [1.82, 2.24) is 9.80 Å². The van der Waals surface area contributed by atoms with Gasteiger partial charge in [0.15, 0.2) is 0 Å². The first-order valence-electron chi connectivity index (χ1n) is 5.52. The Morgan fingerprint density at radius 2 is 1.86 bits per heavy atom. The number of hydrogen-bond acceptors (Lipinski definition) is 1. The van der Waals surface area contributed by atoms with Crippen molar-refractivity contribution in [1.29, 1.82) is 0 Å². The van der Waals surface area contributed by atoms with Gasteiger partial charge in [0.2, 0.25) is 0 Å². The molecule has 0 saturated carbocycles. The molecule has 0 aromatic carbocycles. The molecule has 0 saturated heterocycles. The number of nitrogens with zero attached hydrogens (tertiary/aromatic N) is 2. The average molecular weight is 200 g/mol. The molecule has 14 heavy (non-hydrogen) atoms. The molecule has 0 spiro atoms. The first-order chi connectivity index (χ1) is 6.54. The summed E-state index contributed by atoms with van der Waals surface area (Å²) in [6.45, 7) is 7.25. The van der Waals surface area contributed by atoms with E-state index in [9.17, 15) is 4.79 Å². The summed E-state index contributed by atoms with van der Waals surface area (Å²) in [5.41, 5.74) is 0. The molecule has 0 bridgehead atoms. The lowest BCUT2D eigenvalue weighted by atomic mass is 10.2. The molecule has 0 aromatic heterocycles. The second kappa shape index (κ2) is 6.68. The Labute approximate surface area is 88.1 Å². The summed E-state index contributed by atoms with van der Waals surface area (Å²) in [5, 5.41) is 0. The maximum absolute atomic E-state index is 11.8. The van der Waals surface area contributed by atoms with Crippen LogP contribution in [0, 0.1) is 0 Å². The van der Waals surface area contributed by atoms with E-state index in [-0.39, 0.29) is 6.03 Å². The summed E-state index contributed by atoms with van der Waals surface area (Å²) in [6.07, 6.45) is 3.24. The Bertz CT molecular complexity index is 169. The second-order valence-corrected chi connectivity index (χ2v) is 3.98. The summed E-state index contributed by atoms with van der Waals surface area (Å²) >= 11 is 0. The Morgan fingerprint density at radius 1 is 1.29 bits per heavy atom. The van der Waals surface area contributed by atoms with Crippen LogP contribution in [-0.2, 0) is 0 Å². The third kappa shape index (κ3) is 3.99. The SMILES string of the molecule is CCCCN(C(=O)N(C)C)C(C)CC. The highest BCUT2D eigenvalue weighted by Crippen LogP contribution is 2.08. The fourth-order valence-electron chi connectivity index (χ4n) is 1.31. The molecule has 0 aliphatic heterocycles. The number of carbonyl (C=O) groups excluding carboxylic acids is 1. The van der Waals surface area contributed by atoms with Crippen molar-refractivity contribution in [2.45, 2.75) is 46.1 Å². The maximum atomic E-state index is 11.8. The maximum Gasteiger partial charge on any atom is 0.319 e. The third-order valence-electron chi connectivity index (χ3n) is 2.50. The molecule has 0 N–H and O–H groups in total. The van der Waals surface area contributed by atoms with E-state index >= 15 is 0 Å². The van der Waals surface area contributed by atoms with Crippen molar-refractivity contribution < 1.29 is 4.79 Å². The lowest BCUT2D eigenvalue weighted by molar-refractivity contribution is 0.150. The topological polar surface area (TPSA) is 23.6 Å². The zero-order chi connectivity index (χ0) is 11.1. The minimum atomic E-state index is 0.132. The van der Waals surface area contributed by atoms with Crippen LogP contribution in [0.3, 0.4) is 0 Å². The molecule has 3 heteroatoms. The van der Waals surface area contributed by atoms with Crippen LogP contribution in [0.25, 0.3) is 0 Å². The predicted molar refractivity (Wildman–Crippen MR) is 60.5 cm³/mol. The van der Waals surface area contributed by atoms with Gasteiger partial charge >= 0.3 is 6.03 Å².